The van der Waals surface area contributed by atoms with Gasteiger partial charge in [0.1, 0.15) is 0 Å². The van der Waals surface area contributed by atoms with Gasteiger partial charge in [-0.1, -0.05) is 127 Å². The molecule has 0 aliphatic rings. The van der Waals surface area contributed by atoms with Crippen molar-refractivity contribution in [1.82, 2.24) is 4.57 Å². The molecule has 0 bridgehead atoms. The molecule has 9 rings (SSSR count). The van der Waals surface area contributed by atoms with Crippen LogP contribution in [0.25, 0.3) is 72.0 Å². The molecule has 1 heterocycles. The van der Waals surface area contributed by atoms with E-state index < -0.39 is 0 Å². The predicted molar refractivity (Wildman–Crippen MR) is 222 cm³/mol. The van der Waals surface area contributed by atoms with Gasteiger partial charge in [0.15, 0.2) is 0 Å². The lowest BCUT2D eigenvalue weighted by Crippen LogP contribution is -1.96. The molecule has 52 heavy (non-hydrogen) atoms. The third-order valence-electron chi connectivity index (χ3n) is 10.0. The molecule has 0 saturated heterocycles. The first-order valence-corrected chi connectivity index (χ1v) is 17.9. The van der Waals surface area contributed by atoms with E-state index >= 15 is 0 Å². The van der Waals surface area contributed by atoms with E-state index in [9.17, 15) is 0 Å². The summed E-state index contributed by atoms with van der Waals surface area (Å²) in [6, 6.07) is 68.0. The lowest BCUT2D eigenvalue weighted by atomic mass is 9.95. The number of benzene rings is 8. The highest BCUT2D eigenvalue weighted by Gasteiger charge is 2.16. The fourth-order valence-corrected chi connectivity index (χ4v) is 7.65. The highest BCUT2D eigenvalue weighted by Crippen LogP contribution is 2.39. The minimum atomic E-state index is 1.05. The Morgan fingerprint density at radius 3 is 1.56 bits per heavy atom. The van der Waals surface area contributed by atoms with Crippen molar-refractivity contribution in [2.45, 2.75) is 13.8 Å². The topological polar surface area (TPSA) is 17.0 Å². The van der Waals surface area contributed by atoms with Gasteiger partial charge in [0.2, 0.25) is 0 Å². The van der Waals surface area contributed by atoms with Crippen molar-refractivity contribution in [3.05, 3.63) is 199 Å². The molecule has 0 radical (unpaired) electrons. The number of para-hydroxylation sites is 1. The molecule has 248 valence electrons. The highest BCUT2D eigenvalue weighted by atomic mass is 15.0. The van der Waals surface area contributed by atoms with Crippen molar-refractivity contribution in [3.8, 4) is 50.2 Å². The lowest BCUT2D eigenvalue weighted by molar-refractivity contribution is 1.16. The summed E-state index contributed by atoms with van der Waals surface area (Å²) in [5, 5.41) is 6.36. The standard InChI is InChI=1S/C50H38N2/c1-34-26-35(2)28-44(27-34)52-49-21-13-12-20-45(49)47-33-40(23-25-50(47)52)39-22-24-48(46(32-39)38-18-10-5-11-19-38)51-43-30-41(36-14-6-3-7-15-36)29-42(31-43)37-16-8-4-9-17-37/h3-33,51H,1-2H3. The van der Waals surface area contributed by atoms with Gasteiger partial charge in [0.05, 0.1) is 11.0 Å². The molecule has 2 heteroatoms. The zero-order chi connectivity index (χ0) is 35.0. The summed E-state index contributed by atoms with van der Waals surface area (Å²) < 4.78 is 2.41. The van der Waals surface area contributed by atoms with Crippen LogP contribution in [0, 0.1) is 13.8 Å². The van der Waals surface area contributed by atoms with Crippen LogP contribution in [0.5, 0.6) is 0 Å². The van der Waals surface area contributed by atoms with Gasteiger partial charge in [-0.3, -0.25) is 0 Å². The van der Waals surface area contributed by atoms with Crippen molar-refractivity contribution < 1.29 is 0 Å². The second-order valence-corrected chi connectivity index (χ2v) is 13.7. The van der Waals surface area contributed by atoms with Crippen LogP contribution in [-0.4, -0.2) is 4.57 Å². The van der Waals surface area contributed by atoms with Crippen LogP contribution in [0.4, 0.5) is 11.4 Å². The van der Waals surface area contributed by atoms with Crippen molar-refractivity contribution in [2.75, 3.05) is 5.32 Å². The Morgan fingerprint density at radius 2 is 0.904 bits per heavy atom. The SMILES string of the molecule is Cc1cc(C)cc(-n2c3ccccc3c3cc(-c4ccc(Nc5cc(-c6ccccc6)cc(-c6ccccc6)c5)c(-c5ccccc5)c4)ccc32)c1. The van der Waals surface area contributed by atoms with Crippen LogP contribution in [0.15, 0.2) is 188 Å². The highest BCUT2D eigenvalue weighted by molar-refractivity contribution is 6.10. The normalized spacial score (nSPS) is 11.3. The number of nitrogens with zero attached hydrogens (tertiary/aromatic N) is 1. The number of hydrogen-bond donors (Lipinski definition) is 1. The summed E-state index contributed by atoms with van der Waals surface area (Å²) in [6.07, 6.45) is 0. The summed E-state index contributed by atoms with van der Waals surface area (Å²) in [7, 11) is 0. The van der Waals surface area contributed by atoms with Gasteiger partial charge in [-0.2, -0.15) is 0 Å². The molecular weight excluding hydrogens is 629 g/mol. The Bertz CT molecular complexity index is 2630. The third-order valence-corrected chi connectivity index (χ3v) is 10.0. The second-order valence-electron chi connectivity index (χ2n) is 13.7. The van der Waals surface area contributed by atoms with E-state index in [-0.39, 0.29) is 0 Å². The zero-order valence-corrected chi connectivity index (χ0v) is 29.3. The number of hydrogen-bond acceptors (Lipinski definition) is 1. The molecule has 0 unspecified atom stereocenters. The summed E-state index contributed by atoms with van der Waals surface area (Å²) in [6.45, 7) is 4.35. The van der Waals surface area contributed by atoms with E-state index in [0.717, 1.165) is 16.9 Å². The minimum absolute atomic E-state index is 1.05. The average molecular weight is 667 g/mol. The van der Waals surface area contributed by atoms with E-state index in [1.54, 1.807) is 0 Å². The summed E-state index contributed by atoms with van der Waals surface area (Å²) in [5.74, 6) is 0. The van der Waals surface area contributed by atoms with Crippen molar-refractivity contribution in [2.24, 2.45) is 0 Å². The first-order valence-electron chi connectivity index (χ1n) is 17.9. The summed E-state index contributed by atoms with van der Waals surface area (Å²) >= 11 is 0. The van der Waals surface area contributed by atoms with Crippen molar-refractivity contribution in [3.63, 3.8) is 0 Å². The van der Waals surface area contributed by atoms with Crippen LogP contribution in [0.3, 0.4) is 0 Å². The van der Waals surface area contributed by atoms with Crippen LogP contribution in [0.1, 0.15) is 11.1 Å². The predicted octanol–water partition coefficient (Wildman–Crippen LogP) is 13.8. The van der Waals surface area contributed by atoms with E-state index in [4.69, 9.17) is 0 Å². The van der Waals surface area contributed by atoms with E-state index in [2.05, 4.69) is 212 Å². The maximum absolute atomic E-state index is 3.85. The first-order chi connectivity index (χ1) is 25.6. The average Bonchev–Trinajstić information content (AvgIpc) is 3.52. The molecule has 8 aromatic carbocycles. The number of fused-ring (bicyclic) bond motifs is 3. The number of rotatable bonds is 7. The van der Waals surface area contributed by atoms with Gasteiger partial charge >= 0.3 is 0 Å². The van der Waals surface area contributed by atoms with Gasteiger partial charge in [-0.25, -0.2) is 0 Å². The molecule has 2 nitrogen and oxygen atoms in total. The maximum Gasteiger partial charge on any atom is 0.0541 e. The molecule has 0 spiro atoms. The molecule has 0 atom stereocenters. The van der Waals surface area contributed by atoms with Crippen LogP contribution in [0.2, 0.25) is 0 Å². The van der Waals surface area contributed by atoms with E-state index in [0.29, 0.717) is 0 Å². The Labute approximate surface area is 305 Å². The first kappa shape index (κ1) is 31.3. The molecule has 0 fully saturated rings. The molecule has 1 aromatic heterocycles. The van der Waals surface area contributed by atoms with Crippen LogP contribution in [-0.2, 0) is 0 Å². The van der Waals surface area contributed by atoms with Gasteiger partial charge in [0, 0.05) is 33.4 Å². The molecule has 0 aliphatic carbocycles. The molecule has 9 aromatic rings. The third kappa shape index (κ3) is 5.95. The Hall–Kier alpha value is -6.64. The number of nitrogens with one attached hydrogen (secondary N) is 1. The second kappa shape index (κ2) is 13.2. The van der Waals surface area contributed by atoms with Crippen molar-refractivity contribution >= 4 is 33.2 Å². The largest absolute Gasteiger partial charge is 0.355 e. The number of anilines is 2. The number of aromatic nitrogens is 1. The number of aryl methyl sites for hydroxylation is 2. The fraction of sp³-hybridized carbons (Fsp3) is 0.0400. The van der Waals surface area contributed by atoms with Gasteiger partial charge in [0.25, 0.3) is 0 Å². The molecule has 0 saturated carbocycles. The van der Waals surface area contributed by atoms with E-state index in [1.165, 1.54) is 77.6 Å². The Morgan fingerprint density at radius 1 is 0.365 bits per heavy atom. The van der Waals surface area contributed by atoms with Gasteiger partial charge in [-0.15, -0.1) is 0 Å². The summed E-state index contributed by atoms with van der Waals surface area (Å²) in [5.41, 5.74) is 17.7. The molecular formula is C50H38N2. The maximum atomic E-state index is 3.85. The fourth-order valence-electron chi connectivity index (χ4n) is 7.65. The van der Waals surface area contributed by atoms with Gasteiger partial charge in [-0.05, 0) is 125 Å². The summed E-state index contributed by atoms with van der Waals surface area (Å²) in [4.78, 5) is 0. The lowest BCUT2D eigenvalue weighted by Gasteiger charge is -2.17. The van der Waals surface area contributed by atoms with Crippen molar-refractivity contribution in [1.29, 1.82) is 0 Å². The molecule has 0 amide bonds. The van der Waals surface area contributed by atoms with E-state index in [1.807, 2.05) is 0 Å². The monoisotopic (exact) mass is 666 g/mol. The van der Waals surface area contributed by atoms with Crippen LogP contribution < -0.4 is 5.32 Å². The molecule has 1 N–H and O–H groups in total. The zero-order valence-electron chi connectivity index (χ0n) is 29.3. The van der Waals surface area contributed by atoms with Crippen LogP contribution >= 0.6 is 0 Å². The quantitative estimate of drug-likeness (QED) is 0.179. The van der Waals surface area contributed by atoms with Gasteiger partial charge < -0.3 is 9.88 Å². The molecule has 0 aliphatic heterocycles. The minimum Gasteiger partial charge on any atom is -0.355 e. The Kier molecular flexibility index (Phi) is 7.98. The Balaban J connectivity index is 1.17. The smallest absolute Gasteiger partial charge is 0.0541 e.